The van der Waals surface area contributed by atoms with Crippen LogP contribution in [0, 0.1) is 13.8 Å². The van der Waals surface area contributed by atoms with Crippen LogP contribution < -0.4 is 9.62 Å². The predicted octanol–water partition coefficient (Wildman–Crippen LogP) is 5.59. The maximum absolute atomic E-state index is 14.0. The second-order valence-electron chi connectivity index (χ2n) is 10.7. The van der Waals surface area contributed by atoms with E-state index in [-0.39, 0.29) is 17.3 Å². The number of benzene rings is 3. The Kier molecular flexibility index (Phi) is 9.61. The summed E-state index contributed by atoms with van der Waals surface area (Å²) in [4.78, 5) is 28.7. The van der Waals surface area contributed by atoms with Gasteiger partial charge < -0.3 is 10.2 Å². The van der Waals surface area contributed by atoms with Crippen LogP contribution in [-0.2, 0) is 26.2 Å². The molecule has 0 aliphatic heterocycles. The minimum atomic E-state index is -4.09. The highest BCUT2D eigenvalue weighted by molar-refractivity contribution is 9.10. The van der Waals surface area contributed by atoms with Gasteiger partial charge in [0, 0.05) is 16.6 Å². The number of carbonyl (C=O) groups is 2. The first-order valence-corrected chi connectivity index (χ1v) is 14.9. The molecule has 3 aromatic carbocycles. The molecule has 0 saturated heterocycles. The highest BCUT2D eigenvalue weighted by Crippen LogP contribution is 2.26. The predicted molar refractivity (Wildman–Crippen MR) is 159 cm³/mol. The molecule has 0 saturated carbocycles. The molecule has 2 amide bonds. The highest BCUT2D eigenvalue weighted by Gasteiger charge is 2.33. The highest BCUT2D eigenvalue weighted by atomic mass is 79.9. The van der Waals surface area contributed by atoms with Gasteiger partial charge in [0.15, 0.2) is 0 Å². The maximum Gasteiger partial charge on any atom is 0.264 e. The van der Waals surface area contributed by atoms with Crippen molar-refractivity contribution < 1.29 is 18.0 Å². The topological polar surface area (TPSA) is 86.8 Å². The summed E-state index contributed by atoms with van der Waals surface area (Å²) >= 11 is 3.46. The molecular weight excluding hydrogens is 578 g/mol. The standard InChI is InChI=1S/C30H36BrN3O4S/c1-21-15-16-26(17-22(21)2)34(39(37,38)27-13-8-7-9-14-27)20-28(35)33(19-24-11-10-12-25(31)18-24)23(3)29(36)32-30(4,5)6/h7-18,23H,19-20H2,1-6H3,(H,32,36)/t23-/m1/s1. The van der Waals surface area contributed by atoms with Gasteiger partial charge >= 0.3 is 0 Å². The van der Waals surface area contributed by atoms with Crippen LogP contribution in [0.1, 0.15) is 44.4 Å². The summed E-state index contributed by atoms with van der Waals surface area (Å²) in [5.74, 6) is -0.821. The third kappa shape index (κ3) is 7.92. The molecule has 0 spiro atoms. The normalized spacial score (nSPS) is 12.5. The fraction of sp³-hybridized carbons (Fsp3) is 0.333. The lowest BCUT2D eigenvalue weighted by molar-refractivity contribution is -0.140. The zero-order valence-corrected chi connectivity index (χ0v) is 25.6. The van der Waals surface area contributed by atoms with E-state index in [1.807, 2.05) is 65.0 Å². The maximum atomic E-state index is 14.0. The van der Waals surface area contributed by atoms with E-state index < -0.39 is 34.1 Å². The van der Waals surface area contributed by atoms with Gasteiger partial charge in [-0.2, -0.15) is 0 Å². The Balaban J connectivity index is 2.05. The molecule has 0 aromatic heterocycles. The molecule has 1 N–H and O–H groups in total. The van der Waals surface area contributed by atoms with E-state index in [1.165, 1.54) is 17.0 Å². The van der Waals surface area contributed by atoms with Gasteiger partial charge in [0.1, 0.15) is 12.6 Å². The second-order valence-corrected chi connectivity index (χ2v) is 13.4. The number of hydrogen-bond acceptors (Lipinski definition) is 4. The van der Waals surface area contributed by atoms with Gasteiger partial charge in [0.2, 0.25) is 11.8 Å². The molecule has 0 aliphatic carbocycles. The summed E-state index contributed by atoms with van der Waals surface area (Å²) in [6, 6.07) is 19.9. The number of halogens is 1. The molecule has 208 valence electrons. The van der Waals surface area contributed by atoms with Crippen LogP contribution in [-0.4, -0.2) is 43.3 Å². The van der Waals surface area contributed by atoms with Crippen molar-refractivity contribution in [3.8, 4) is 0 Å². The number of aryl methyl sites for hydroxylation is 2. The van der Waals surface area contributed by atoms with Crippen molar-refractivity contribution in [2.24, 2.45) is 0 Å². The van der Waals surface area contributed by atoms with Crippen LogP contribution in [0.25, 0.3) is 0 Å². The van der Waals surface area contributed by atoms with Crippen molar-refractivity contribution in [3.63, 3.8) is 0 Å². The van der Waals surface area contributed by atoms with Crippen molar-refractivity contribution in [3.05, 3.63) is 94.0 Å². The van der Waals surface area contributed by atoms with E-state index in [0.717, 1.165) is 25.5 Å². The number of carbonyl (C=O) groups excluding carboxylic acids is 2. The molecule has 0 bridgehead atoms. The second kappa shape index (κ2) is 12.3. The largest absolute Gasteiger partial charge is 0.350 e. The van der Waals surface area contributed by atoms with Crippen molar-refractivity contribution in [1.29, 1.82) is 0 Å². The minimum absolute atomic E-state index is 0.0769. The molecule has 1 atom stereocenters. The number of amides is 2. The van der Waals surface area contributed by atoms with E-state index in [4.69, 9.17) is 0 Å². The van der Waals surface area contributed by atoms with Crippen molar-refractivity contribution in [2.75, 3.05) is 10.8 Å². The van der Waals surface area contributed by atoms with Crippen molar-refractivity contribution in [2.45, 2.75) is 64.6 Å². The lowest BCUT2D eigenvalue weighted by atomic mass is 10.1. The summed E-state index contributed by atoms with van der Waals surface area (Å²) in [6.07, 6.45) is 0. The average molecular weight is 615 g/mol. The smallest absolute Gasteiger partial charge is 0.264 e. The van der Waals surface area contributed by atoms with E-state index in [1.54, 1.807) is 37.3 Å². The SMILES string of the molecule is Cc1ccc(N(CC(=O)N(Cc2cccc(Br)c2)[C@H](C)C(=O)NC(C)(C)C)S(=O)(=O)c2ccccc2)cc1C. The van der Waals surface area contributed by atoms with Gasteiger partial charge in [0.05, 0.1) is 10.6 Å². The summed E-state index contributed by atoms with van der Waals surface area (Å²) < 4.78 is 29.7. The molecular formula is C30H36BrN3O4S. The molecule has 0 heterocycles. The number of sulfonamides is 1. The molecule has 0 fully saturated rings. The van der Waals surface area contributed by atoms with E-state index in [0.29, 0.717) is 5.69 Å². The van der Waals surface area contributed by atoms with Crippen molar-refractivity contribution >= 4 is 43.5 Å². The van der Waals surface area contributed by atoms with E-state index >= 15 is 0 Å². The van der Waals surface area contributed by atoms with Crippen LogP contribution >= 0.6 is 15.9 Å². The Morgan fingerprint density at radius 2 is 1.59 bits per heavy atom. The average Bonchev–Trinajstić information content (AvgIpc) is 2.86. The van der Waals surface area contributed by atoms with E-state index in [9.17, 15) is 18.0 Å². The third-order valence-electron chi connectivity index (χ3n) is 6.30. The molecule has 3 rings (SSSR count). The lowest BCUT2D eigenvalue weighted by Gasteiger charge is -2.33. The molecule has 7 nitrogen and oxygen atoms in total. The molecule has 9 heteroatoms. The quantitative estimate of drug-likeness (QED) is 0.341. The lowest BCUT2D eigenvalue weighted by Crippen LogP contribution is -2.54. The molecule has 0 aliphatic rings. The van der Waals surface area contributed by atoms with Crippen molar-refractivity contribution in [1.82, 2.24) is 10.2 Å². The van der Waals surface area contributed by atoms with Gasteiger partial charge in [-0.15, -0.1) is 0 Å². The summed E-state index contributed by atoms with van der Waals surface area (Å²) in [5.41, 5.74) is 2.59. The Hall–Kier alpha value is -3.17. The van der Waals surface area contributed by atoms with Crippen LogP contribution in [0.5, 0.6) is 0 Å². The van der Waals surface area contributed by atoms with Gasteiger partial charge in [-0.1, -0.05) is 52.3 Å². The van der Waals surface area contributed by atoms with Crippen LogP contribution in [0.15, 0.2) is 82.2 Å². The number of nitrogens with one attached hydrogen (secondary N) is 1. The van der Waals surface area contributed by atoms with Gasteiger partial charge in [-0.3, -0.25) is 13.9 Å². The minimum Gasteiger partial charge on any atom is -0.350 e. The Morgan fingerprint density at radius 3 is 2.18 bits per heavy atom. The van der Waals surface area contributed by atoms with Gasteiger partial charge in [-0.05, 0) is 94.6 Å². The fourth-order valence-electron chi connectivity index (χ4n) is 4.02. The first-order chi connectivity index (χ1) is 18.2. The Labute approximate surface area is 240 Å². The zero-order valence-electron chi connectivity index (χ0n) is 23.2. The summed E-state index contributed by atoms with van der Waals surface area (Å²) in [6.45, 7) is 10.7. The number of hydrogen-bond donors (Lipinski definition) is 1. The summed E-state index contributed by atoms with van der Waals surface area (Å²) in [5, 5.41) is 2.93. The van der Waals surface area contributed by atoms with Gasteiger partial charge in [0.25, 0.3) is 10.0 Å². The number of anilines is 1. The van der Waals surface area contributed by atoms with Crippen LogP contribution in [0.2, 0.25) is 0 Å². The number of nitrogens with zero attached hydrogens (tertiary/aromatic N) is 2. The molecule has 0 unspecified atom stereocenters. The van der Waals surface area contributed by atoms with Crippen LogP contribution in [0.3, 0.4) is 0 Å². The first-order valence-electron chi connectivity index (χ1n) is 12.7. The van der Waals surface area contributed by atoms with E-state index in [2.05, 4.69) is 21.2 Å². The number of rotatable bonds is 9. The first kappa shape index (κ1) is 30.4. The molecule has 3 aromatic rings. The Morgan fingerprint density at radius 1 is 0.923 bits per heavy atom. The van der Waals surface area contributed by atoms with Gasteiger partial charge in [-0.25, -0.2) is 8.42 Å². The zero-order chi connectivity index (χ0) is 29.0. The Bertz CT molecular complexity index is 1440. The molecule has 39 heavy (non-hydrogen) atoms. The third-order valence-corrected chi connectivity index (χ3v) is 8.58. The monoisotopic (exact) mass is 613 g/mol. The summed E-state index contributed by atoms with van der Waals surface area (Å²) in [7, 11) is -4.09. The molecule has 0 radical (unpaired) electrons. The van der Waals surface area contributed by atoms with Crippen LogP contribution in [0.4, 0.5) is 5.69 Å². The fourth-order valence-corrected chi connectivity index (χ4v) is 5.89.